The van der Waals surface area contributed by atoms with Crippen LogP contribution in [-0.4, -0.2) is 9.55 Å². The predicted molar refractivity (Wildman–Crippen MR) is 87.2 cm³/mol. The summed E-state index contributed by atoms with van der Waals surface area (Å²) in [5.74, 6) is 3.66. The van der Waals surface area contributed by atoms with Crippen LogP contribution in [0.3, 0.4) is 0 Å². The highest BCUT2D eigenvalue weighted by atomic mass is 15.1. The molecule has 0 amide bonds. The Morgan fingerprint density at radius 2 is 2.00 bits per heavy atom. The van der Waals surface area contributed by atoms with Crippen LogP contribution in [0.1, 0.15) is 57.2 Å². The highest BCUT2D eigenvalue weighted by Crippen LogP contribution is 2.42. The molecule has 1 aromatic carbocycles. The lowest BCUT2D eigenvalue weighted by Crippen LogP contribution is -2.22. The molecule has 2 N–H and O–H groups in total. The van der Waals surface area contributed by atoms with Gasteiger partial charge in [0.25, 0.3) is 0 Å². The van der Waals surface area contributed by atoms with E-state index in [1.54, 1.807) is 0 Å². The van der Waals surface area contributed by atoms with E-state index in [1.807, 2.05) is 12.1 Å². The second-order valence-electron chi connectivity index (χ2n) is 7.12. The minimum Gasteiger partial charge on any atom is -0.399 e. The molecular formula is C18H25N3. The van der Waals surface area contributed by atoms with Gasteiger partial charge in [-0.1, -0.05) is 26.2 Å². The van der Waals surface area contributed by atoms with Crippen LogP contribution < -0.4 is 5.73 Å². The fraction of sp³-hybridized carbons (Fsp3) is 0.611. The minimum atomic E-state index is 0.692. The Balaban J connectivity index is 1.73. The van der Waals surface area contributed by atoms with Gasteiger partial charge in [0.15, 0.2) is 0 Å². The Kier molecular flexibility index (Phi) is 3.16. The number of hydrogen-bond donors (Lipinski definition) is 1. The molecule has 2 fully saturated rings. The first kappa shape index (κ1) is 13.2. The van der Waals surface area contributed by atoms with E-state index in [2.05, 4.69) is 17.6 Å². The van der Waals surface area contributed by atoms with Gasteiger partial charge in [-0.2, -0.15) is 0 Å². The SMILES string of the molecule is CC1CCCCC1Cn1c(C2CC2)nc2cc(N)ccc21. The maximum Gasteiger partial charge on any atom is 0.113 e. The van der Waals surface area contributed by atoms with E-state index in [1.165, 1.54) is 49.9 Å². The third-order valence-electron chi connectivity index (χ3n) is 5.45. The normalized spacial score (nSPS) is 26.3. The van der Waals surface area contributed by atoms with E-state index in [4.69, 9.17) is 10.7 Å². The van der Waals surface area contributed by atoms with Crippen molar-refractivity contribution in [2.75, 3.05) is 5.73 Å². The van der Waals surface area contributed by atoms with E-state index < -0.39 is 0 Å². The minimum absolute atomic E-state index is 0.692. The standard InChI is InChI=1S/C18H25N3/c1-12-4-2-3-5-14(12)11-21-17-9-8-15(19)10-16(17)20-18(21)13-6-7-13/h8-10,12-14H,2-7,11,19H2,1H3. The van der Waals surface area contributed by atoms with E-state index in [-0.39, 0.29) is 0 Å². The lowest BCUT2D eigenvalue weighted by molar-refractivity contribution is 0.228. The average Bonchev–Trinajstić information content (AvgIpc) is 3.25. The first-order valence-electron chi connectivity index (χ1n) is 8.48. The summed E-state index contributed by atoms with van der Waals surface area (Å²) in [6.45, 7) is 3.57. The highest BCUT2D eigenvalue weighted by molar-refractivity contribution is 5.79. The Morgan fingerprint density at radius 1 is 1.19 bits per heavy atom. The predicted octanol–water partition coefficient (Wildman–Crippen LogP) is 4.32. The Morgan fingerprint density at radius 3 is 2.76 bits per heavy atom. The number of aromatic nitrogens is 2. The summed E-state index contributed by atoms with van der Waals surface area (Å²) in [7, 11) is 0. The van der Waals surface area contributed by atoms with Crippen LogP contribution in [0.2, 0.25) is 0 Å². The van der Waals surface area contributed by atoms with Crippen molar-refractivity contribution in [3.63, 3.8) is 0 Å². The largest absolute Gasteiger partial charge is 0.399 e. The molecule has 0 bridgehead atoms. The van der Waals surface area contributed by atoms with Crippen molar-refractivity contribution in [1.82, 2.24) is 9.55 Å². The Hall–Kier alpha value is -1.51. The van der Waals surface area contributed by atoms with Gasteiger partial charge < -0.3 is 10.3 Å². The third-order valence-corrected chi connectivity index (χ3v) is 5.45. The van der Waals surface area contributed by atoms with Gasteiger partial charge in [-0.15, -0.1) is 0 Å². The molecule has 2 saturated carbocycles. The number of anilines is 1. The van der Waals surface area contributed by atoms with Crippen LogP contribution in [0.4, 0.5) is 5.69 Å². The maximum absolute atomic E-state index is 5.93. The van der Waals surface area contributed by atoms with Gasteiger partial charge in [-0.05, 0) is 49.3 Å². The zero-order chi connectivity index (χ0) is 14.4. The summed E-state index contributed by atoms with van der Waals surface area (Å²) in [6.07, 6.45) is 8.18. The number of hydrogen-bond acceptors (Lipinski definition) is 2. The highest BCUT2D eigenvalue weighted by Gasteiger charge is 2.31. The molecule has 4 rings (SSSR count). The Labute approximate surface area is 126 Å². The van der Waals surface area contributed by atoms with Crippen LogP contribution in [-0.2, 0) is 6.54 Å². The molecule has 112 valence electrons. The van der Waals surface area contributed by atoms with Crippen molar-refractivity contribution in [1.29, 1.82) is 0 Å². The zero-order valence-corrected chi connectivity index (χ0v) is 12.9. The van der Waals surface area contributed by atoms with Gasteiger partial charge in [-0.3, -0.25) is 0 Å². The number of fused-ring (bicyclic) bond motifs is 1. The molecule has 3 heteroatoms. The van der Waals surface area contributed by atoms with Gasteiger partial charge >= 0.3 is 0 Å². The van der Waals surface area contributed by atoms with E-state index >= 15 is 0 Å². The molecule has 0 spiro atoms. The van der Waals surface area contributed by atoms with Crippen molar-refractivity contribution in [2.24, 2.45) is 11.8 Å². The monoisotopic (exact) mass is 283 g/mol. The summed E-state index contributed by atoms with van der Waals surface area (Å²) in [5, 5.41) is 0. The summed E-state index contributed by atoms with van der Waals surface area (Å²) in [4.78, 5) is 4.91. The summed E-state index contributed by atoms with van der Waals surface area (Å²) < 4.78 is 2.51. The number of imidazole rings is 1. The first-order chi connectivity index (χ1) is 10.2. The fourth-order valence-corrected chi connectivity index (χ4v) is 3.91. The summed E-state index contributed by atoms with van der Waals surface area (Å²) in [5.41, 5.74) is 9.12. The summed E-state index contributed by atoms with van der Waals surface area (Å²) >= 11 is 0. The average molecular weight is 283 g/mol. The zero-order valence-electron chi connectivity index (χ0n) is 12.9. The molecular weight excluding hydrogens is 258 g/mol. The molecule has 2 aromatic rings. The molecule has 1 heterocycles. The number of nitrogens with zero attached hydrogens (tertiary/aromatic N) is 2. The van der Waals surface area contributed by atoms with Crippen LogP contribution >= 0.6 is 0 Å². The molecule has 3 nitrogen and oxygen atoms in total. The Bertz CT molecular complexity index is 654. The molecule has 0 saturated heterocycles. The smallest absolute Gasteiger partial charge is 0.113 e. The van der Waals surface area contributed by atoms with Crippen molar-refractivity contribution < 1.29 is 0 Å². The van der Waals surface area contributed by atoms with Crippen LogP contribution in [0.25, 0.3) is 11.0 Å². The topological polar surface area (TPSA) is 43.8 Å². The van der Waals surface area contributed by atoms with Crippen molar-refractivity contribution in [2.45, 2.75) is 57.9 Å². The van der Waals surface area contributed by atoms with Crippen molar-refractivity contribution in [3.05, 3.63) is 24.0 Å². The summed E-state index contributed by atoms with van der Waals surface area (Å²) in [6, 6.07) is 6.21. The first-order valence-corrected chi connectivity index (χ1v) is 8.48. The lowest BCUT2D eigenvalue weighted by Gasteiger charge is -2.29. The van der Waals surface area contributed by atoms with Crippen LogP contribution in [0.15, 0.2) is 18.2 Å². The molecule has 2 unspecified atom stereocenters. The fourth-order valence-electron chi connectivity index (χ4n) is 3.91. The second-order valence-corrected chi connectivity index (χ2v) is 7.12. The van der Waals surface area contributed by atoms with Crippen molar-refractivity contribution in [3.8, 4) is 0 Å². The van der Waals surface area contributed by atoms with Gasteiger partial charge in [0.1, 0.15) is 5.82 Å². The molecule has 21 heavy (non-hydrogen) atoms. The van der Waals surface area contributed by atoms with Gasteiger partial charge in [0, 0.05) is 18.2 Å². The van der Waals surface area contributed by atoms with Crippen molar-refractivity contribution >= 4 is 16.7 Å². The van der Waals surface area contributed by atoms with E-state index in [0.717, 1.165) is 29.6 Å². The number of rotatable bonds is 3. The second kappa shape index (κ2) is 5.04. The van der Waals surface area contributed by atoms with Gasteiger partial charge in [0.05, 0.1) is 11.0 Å². The maximum atomic E-state index is 5.93. The number of nitrogen functional groups attached to an aromatic ring is 1. The van der Waals surface area contributed by atoms with Gasteiger partial charge in [0.2, 0.25) is 0 Å². The quantitative estimate of drug-likeness (QED) is 0.852. The van der Waals surface area contributed by atoms with Crippen LogP contribution in [0, 0.1) is 11.8 Å². The van der Waals surface area contributed by atoms with Crippen LogP contribution in [0.5, 0.6) is 0 Å². The van der Waals surface area contributed by atoms with E-state index in [9.17, 15) is 0 Å². The third kappa shape index (κ3) is 2.43. The molecule has 2 aliphatic rings. The molecule has 0 aliphatic heterocycles. The molecule has 2 aliphatic carbocycles. The van der Waals surface area contributed by atoms with E-state index in [0.29, 0.717) is 5.92 Å². The molecule has 2 atom stereocenters. The number of nitrogens with two attached hydrogens (primary N) is 1. The number of benzene rings is 1. The molecule has 0 radical (unpaired) electrons. The molecule has 1 aromatic heterocycles. The lowest BCUT2D eigenvalue weighted by atomic mass is 9.80. The van der Waals surface area contributed by atoms with Gasteiger partial charge in [-0.25, -0.2) is 4.98 Å².